The van der Waals surface area contributed by atoms with Crippen LogP contribution in [0.1, 0.15) is 31.7 Å². The number of carbonyl (C=O) groups excluding carboxylic acids is 1. The van der Waals surface area contributed by atoms with E-state index < -0.39 is 11.9 Å². The maximum atomic E-state index is 9.04. The molecule has 2 N–H and O–H groups in total. The number of aliphatic carboxylic acids is 2. The molecule has 0 aliphatic rings. The van der Waals surface area contributed by atoms with Crippen LogP contribution in [0.15, 0.2) is 28.7 Å². The van der Waals surface area contributed by atoms with Gasteiger partial charge in [-0.3, -0.25) is 0 Å². The Morgan fingerprint density at radius 2 is 1.83 bits per heavy atom. The highest BCUT2D eigenvalue weighted by molar-refractivity contribution is 9.10. The maximum Gasteiger partial charge on any atom is 0.351 e. The number of hydrogen-bond donors (Lipinski definition) is 2. The van der Waals surface area contributed by atoms with Crippen molar-refractivity contribution in [1.82, 2.24) is 0 Å². The smallest absolute Gasteiger partial charge is 0.351 e. The molecule has 5 nitrogen and oxygen atoms in total. The Balaban J connectivity index is 0.000000688. The van der Waals surface area contributed by atoms with Crippen LogP contribution in [-0.2, 0) is 16.1 Å². The predicted molar refractivity (Wildman–Crippen MR) is 94.5 cm³/mol. The molecule has 0 spiro atoms. The molecule has 1 atom stereocenters. The lowest BCUT2D eigenvalue weighted by Crippen LogP contribution is -3.10. The topological polar surface area (TPSA) is 81.9 Å². The monoisotopic (exact) mass is 451 g/mol. The molecule has 1 aromatic carbocycles. The lowest BCUT2D eigenvalue weighted by atomic mass is 10.2. The van der Waals surface area contributed by atoms with Crippen LogP contribution in [0.2, 0.25) is 0 Å². The molecule has 0 aromatic heterocycles. The number of rotatable bonds is 8. The second-order valence-electron chi connectivity index (χ2n) is 4.96. The number of carboxylic acids is 2. The van der Waals surface area contributed by atoms with E-state index >= 15 is 0 Å². The highest BCUT2D eigenvalue weighted by atomic mass is 79.9. The van der Waals surface area contributed by atoms with E-state index in [0.29, 0.717) is 0 Å². The quantitative estimate of drug-likeness (QED) is 0.353. The van der Waals surface area contributed by atoms with Crippen molar-refractivity contribution in [3.63, 3.8) is 0 Å². The Hall–Kier alpha value is -0.920. The number of carbonyl (C=O) groups is 2. The van der Waals surface area contributed by atoms with E-state index in [1.165, 1.54) is 42.4 Å². The largest absolute Gasteiger partial charge is 0.539 e. The minimum Gasteiger partial charge on any atom is -0.539 e. The molecule has 130 valence electrons. The molecule has 0 saturated heterocycles. The summed E-state index contributed by atoms with van der Waals surface area (Å²) >= 11 is 7.11. The zero-order chi connectivity index (χ0) is 17.7. The number of alkyl halides is 1. The summed E-state index contributed by atoms with van der Waals surface area (Å²) in [5.74, 6) is -4.01. The van der Waals surface area contributed by atoms with Crippen molar-refractivity contribution in [2.24, 2.45) is 0 Å². The Morgan fingerprint density at radius 1 is 1.22 bits per heavy atom. The fourth-order valence-corrected chi connectivity index (χ4v) is 2.77. The van der Waals surface area contributed by atoms with Crippen LogP contribution in [0.4, 0.5) is 0 Å². The molecule has 0 aliphatic heterocycles. The second kappa shape index (κ2) is 13.5. The molecule has 0 radical (unpaired) electrons. The molecule has 0 bridgehead atoms. The highest BCUT2D eigenvalue weighted by Crippen LogP contribution is 2.14. The lowest BCUT2D eigenvalue weighted by Gasteiger charge is -2.18. The minimum atomic E-state index is -2.07. The lowest BCUT2D eigenvalue weighted by molar-refractivity contribution is -0.912. The van der Waals surface area contributed by atoms with Gasteiger partial charge >= 0.3 is 5.97 Å². The van der Waals surface area contributed by atoms with Crippen LogP contribution in [0.3, 0.4) is 0 Å². The van der Waals surface area contributed by atoms with E-state index in [0.717, 1.165) is 11.9 Å². The van der Waals surface area contributed by atoms with Crippen molar-refractivity contribution < 1.29 is 24.7 Å². The maximum absolute atomic E-state index is 9.04. The summed E-state index contributed by atoms with van der Waals surface area (Å²) in [7, 11) is 0. The summed E-state index contributed by atoms with van der Waals surface area (Å²) in [4.78, 5) is 19.7. The van der Waals surface area contributed by atoms with Gasteiger partial charge < -0.3 is 19.9 Å². The summed E-state index contributed by atoms with van der Waals surface area (Å²) in [5.41, 5.74) is 1.42. The van der Waals surface area contributed by atoms with Crippen LogP contribution >= 0.6 is 31.9 Å². The van der Waals surface area contributed by atoms with E-state index in [-0.39, 0.29) is 0 Å². The first kappa shape index (κ1) is 22.1. The normalized spacial score (nSPS) is 11.3. The van der Waals surface area contributed by atoms with Crippen molar-refractivity contribution >= 4 is 43.8 Å². The summed E-state index contributed by atoms with van der Waals surface area (Å²) in [6.45, 7) is 5.89. The third-order valence-electron chi connectivity index (χ3n) is 3.24. The fraction of sp³-hybridized carbons (Fsp3) is 0.500. The number of quaternary nitrogens is 1. The number of hydrogen-bond acceptors (Lipinski definition) is 3. The number of halogens is 2. The molecule has 1 unspecified atom stereocenters. The molecule has 0 fully saturated rings. The Kier molecular flexibility index (Phi) is 13.0. The molecule has 23 heavy (non-hydrogen) atoms. The van der Waals surface area contributed by atoms with E-state index in [4.69, 9.17) is 19.8 Å². The van der Waals surface area contributed by atoms with E-state index in [1.54, 1.807) is 4.90 Å². The first-order valence-corrected chi connectivity index (χ1v) is 9.41. The zero-order valence-electron chi connectivity index (χ0n) is 13.2. The summed E-state index contributed by atoms with van der Waals surface area (Å²) < 4.78 is 1.24. The SMILES string of the molecule is CC[NH+](CCCCCBr)Cc1ccccc1Br.O=C([O-])C(=O)O. The van der Waals surface area contributed by atoms with Gasteiger partial charge in [-0.05, 0) is 32.3 Å². The van der Waals surface area contributed by atoms with Gasteiger partial charge in [-0.15, -0.1) is 0 Å². The second-order valence-corrected chi connectivity index (χ2v) is 6.61. The molecule has 0 heterocycles. The van der Waals surface area contributed by atoms with Crippen molar-refractivity contribution in [1.29, 1.82) is 0 Å². The average Bonchev–Trinajstić information content (AvgIpc) is 2.52. The number of carboxylic acid groups (broad SMARTS) is 2. The van der Waals surface area contributed by atoms with Crippen molar-refractivity contribution in [3.05, 3.63) is 34.3 Å². The van der Waals surface area contributed by atoms with Gasteiger partial charge in [0.05, 0.1) is 13.1 Å². The van der Waals surface area contributed by atoms with Gasteiger partial charge in [0.2, 0.25) is 0 Å². The Morgan fingerprint density at radius 3 is 2.30 bits per heavy atom. The summed E-state index contributed by atoms with van der Waals surface area (Å²) in [5, 5.41) is 17.5. The minimum absolute atomic E-state index is 1.13. The number of nitrogens with one attached hydrogen (secondary N) is 1. The van der Waals surface area contributed by atoms with Crippen molar-refractivity contribution in [2.45, 2.75) is 32.7 Å². The van der Waals surface area contributed by atoms with Gasteiger partial charge in [0, 0.05) is 15.4 Å². The van der Waals surface area contributed by atoms with Gasteiger partial charge in [-0.2, -0.15) is 0 Å². The van der Waals surface area contributed by atoms with Crippen LogP contribution in [0.25, 0.3) is 0 Å². The highest BCUT2D eigenvalue weighted by Gasteiger charge is 2.08. The van der Waals surface area contributed by atoms with Gasteiger partial charge in [-0.1, -0.05) is 50.1 Å². The summed E-state index contributed by atoms with van der Waals surface area (Å²) in [6, 6.07) is 8.55. The standard InChI is InChI=1S/C14H21Br2N.C2H2O4/c1-2-17(11-7-3-6-10-15)12-13-8-4-5-9-14(13)16;3-1(4)2(5)6/h4-5,8-9H,2-3,6-7,10-12H2,1H3;(H,3,4)(H,5,6). The van der Waals surface area contributed by atoms with Crippen molar-refractivity contribution in [3.8, 4) is 0 Å². The third-order valence-corrected chi connectivity index (χ3v) is 4.57. The van der Waals surface area contributed by atoms with Gasteiger partial charge in [-0.25, -0.2) is 4.79 Å². The average molecular weight is 453 g/mol. The molecule has 0 amide bonds. The molecule has 7 heteroatoms. The van der Waals surface area contributed by atoms with Gasteiger partial charge in [0.1, 0.15) is 6.54 Å². The predicted octanol–water partition coefficient (Wildman–Crippen LogP) is 1.24. The fourth-order valence-electron chi connectivity index (χ4n) is 1.95. The zero-order valence-corrected chi connectivity index (χ0v) is 16.4. The van der Waals surface area contributed by atoms with Crippen LogP contribution < -0.4 is 10.0 Å². The van der Waals surface area contributed by atoms with Crippen LogP contribution in [0.5, 0.6) is 0 Å². The Bertz CT molecular complexity index is 471. The van der Waals surface area contributed by atoms with Gasteiger partial charge in [0.15, 0.2) is 5.97 Å². The first-order chi connectivity index (χ1) is 10.9. The molecule has 1 rings (SSSR count). The summed E-state index contributed by atoms with van der Waals surface area (Å²) in [6.07, 6.45) is 3.97. The van der Waals surface area contributed by atoms with E-state index in [9.17, 15) is 0 Å². The third kappa shape index (κ3) is 11.3. The number of benzene rings is 1. The Labute approximate surface area is 153 Å². The van der Waals surface area contributed by atoms with Crippen LogP contribution in [0, 0.1) is 0 Å². The molecular formula is C16H23Br2NO4. The molecular weight excluding hydrogens is 430 g/mol. The van der Waals surface area contributed by atoms with Crippen LogP contribution in [-0.4, -0.2) is 35.5 Å². The van der Waals surface area contributed by atoms with Gasteiger partial charge in [0.25, 0.3) is 0 Å². The first-order valence-electron chi connectivity index (χ1n) is 7.49. The molecule has 0 aliphatic carbocycles. The molecule has 1 aromatic rings. The molecule has 0 saturated carbocycles. The number of unbranched alkanes of at least 4 members (excludes halogenated alkanes) is 2. The van der Waals surface area contributed by atoms with Crippen molar-refractivity contribution in [2.75, 3.05) is 18.4 Å². The van der Waals surface area contributed by atoms with E-state index in [2.05, 4.69) is 63.0 Å². The van der Waals surface area contributed by atoms with E-state index in [1.807, 2.05) is 0 Å².